The number of nitrogens with zero attached hydrogens (tertiary/aromatic N) is 2. The van der Waals surface area contributed by atoms with E-state index in [1.807, 2.05) is 0 Å². The van der Waals surface area contributed by atoms with E-state index in [2.05, 4.69) is 5.10 Å². The molecule has 1 heterocycles. The number of nitrogens with two attached hydrogens (primary N) is 1. The molecule has 0 aliphatic carbocycles. The van der Waals surface area contributed by atoms with E-state index in [9.17, 15) is 18.0 Å². The molecular formula is C24H15Cl3F3N3O. The second kappa shape index (κ2) is 9.33. The Balaban J connectivity index is 1.76. The SMILES string of the molecule is NC(=O)Cc1ccc(-n2nc(C(F)(F)F)cc2-c2ccc(-c3cc(Cl)c(Cl)cc3Cl)cc2)cc1. The zero-order valence-corrected chi connectivity index (χ0v) is 19.5. The molecule has 0 aliphatic rings. The van der Waals surface area contributed by atoms with E-state index < -0.39 is 17.8 Å². The maximum Gasteiger partial charge on any atom is 0.435 e. The minimum absolute atomic E-state index is 0.0266. The van der Waals surface area contributed by atoms with Gasteiger partial charge in [-0.2, -0.15) is 18.3 Å². The van der Waals surface area contributed by atoms with E-state index in [0.29, 0.717) is 43.0 Å². The molecule has 2 N–H and O–H groups in total. The second-order valence-corrected chi connectivity index (χ2v) is 8.68. The van der Waals surface area contributed by atoms with Crippen molar-refractivity contribution in [1.82, 2.24) is 9.78 Å². The van der Waals surface area contributed by atoms with Crippen molar-refractivity contribution in [2.45, 2.75) is 12.6 Å². The molecular weight excluding hydrogens is 510 g/mol. The Kier molecular flexibility index (Phi) is 6.62. The van der Waals surface area contributed by atoms with E-state index in [4.69, 9.17) is 40.5 Å². The average molecular weight is 525 g/mol. The molecule has 1 amide bonds. The van der Waals surface area contributed by atoms with Crippen LogP contribution in [0.4, 0.5) is 13.2 Å². The van der Waals surface area contributed by atoms with Crippen molar-refractivity contribution in [1.29, 1.82) is 0 Å². The van der Waals surface area contributed by atoms with Gasteiger partial charge in [-0.1, -0.05) is 71.2 Å². The summed E-state index contributed by atoms with van der Waals surface area (Å²) in [5, 5.41) is 4.82. The number of hydrogen-bond acceptors (Lipinski definition) is 2. The van der Waals surface area contributed by atoms with Crippen LogP contribution in [0, 0.1) is 0 Å². The van der Waals surface area contributed by atoms with Gasteiger partial charge in [-0.25, -0.2) is 4.68 Å². The summed E-state index contributed by atoms with van der Waals surface area (Å²) in [4.78, 5) is 11.1. The van der Waals surface area contributed by atoms with Crippen molar-refractivity contribution in [3.8, 4) is 28.1 Å². The van der Waals surface area contributed by atoms with Gasteiger partial charge in [0.15, 0.2) is 5.69 Å². The average Bonchev–Trinajstić information content (AvgIpc) is 3.23. The van der Waals surface area contributed by atoms with Crippen molar-refractivity contribution >= 4 is 40.7 Å². The molecule has 0 spiro atoms. The second-order valence-electron chi connectivity index (χ2n) is 7.46. The van der Waals surface area contributed by atoms with E-state index in [1.54, 1.807) is 54.6 Å². The van der Waals surface area contributed by atoms with Crippen molar-refractivity contribution in [2.24, 2.45) is 5.73 Å². The summed E-state index contributed by atoms with van der Waals surface area (Å²) in [7, 11) is 0. The molecule has 1 aromatic heterocycles. The standard InChI is InChI=1S/C24H15Cl3F3N3O/c25-18-11-20(27)19(26)10-17(18)14-3-5-15(6-4-14)21-12-22(24(28,29)30)32-33(21)16-7-1-13(2-8-16)9-23(31)34/h1-8,10-12H,9H2,(H2,31,34). The first-order chi connectivity index (χ1) is 16.0. The lowest BCUT2D eigenvalue weighted by atomic mass is 10.0. The number of aromatic nitrogens is 2. The van der Waals surface area contributed by atoms with Crippen LogP contribution in [-0.4, -0.2) is 15.7 Å². The summed E-state index contributed by atoms with van der Waals surface area (Å²) in [5.74, 6) is -0.506. The van der Waals surface area contributed by atoms with Gasteiger partial charge < -0.3 is 5.73 Å². The summed E-state index contributed by atoms with van der Waals surface area (Å²) in [6.07, 6.45) is -4.60. The van der Waals surface area contributed by atoms with Crippen LogP contribution >= 0.6 is 34.8 Å². The fourth-order valence-corrected chi connectivity index (χ4v) is 4.10. The van der Waals surface area contributed by atoms with Crippen molar-refractivity contribution in [3.05, 3.63) is 93.1 Å². The zero-order chi connectivity index (χ0) is 24.6. The predicted molar refractivity (Wildman–Crippen MR) is 127 cm³/mol. The Morgan fingerprint density at radius 3 is 2.03 bits per heavy atom. The molecule has 0 unspecified atom stereocenters. The van der Waals surface area contributed by atoms with Gasteiger partial charge in [0.05, 0.1) is 27.8 Å². The van der Waals surface area contributed by atoms with Gasteiger partial charge in [-0.15, -0.1) is 0 Å². The summed E-state index contributed by atoms with van der Waals surface area (Å²) in [5.41, 5.74) is 7.30. The van der Waals surface area contributed by atoms with Crippen molar-refractivity contribution in [2.75, 3.05) is 0 Å². The number of amides is 1. The van der Waals surface area contributed by atoms with Crippen molar-refractivity contribution < 1.29 is 18.0 Å². The van der Waals surface area contributed by atoms with Crippen LogP contribution in [0.3, 0.4) is 0 Å². The molecule has 0 saturated carbocycles. The Morgan fingerprint density at radius 1 is 0.853 bits per heavy atom. The molecule has 0 radical (unpaired) electrons. The van der Waals surface area contributed by atoms with E-state index in [-0.39, 0.29) is 12.1 Å². The highest BCUT2D eigenvalue weighted by Crippen LogP contribution is 2.37. The monoisotopic (exact) mass is 523 g/mol. The molecule has 34 heavy (non-hydrogen) atoms. The largest absolute Gasteiger partial charge is 0.435 e. The Labute approximate surface area is 207 Å². The minimum Gasteiger partial charge on any atom is -0.369 e. The lowest BCUT2D eigenvalue weighted by Gasteiger charge is -2.10. The van der Waals surface area contributed by atoms with Gasteiger partial charge in [0, 0.05) is 16.1 Å². The first-order valence-corrected chi connectivity index (χ1v) is 11.0. The minimum atomic E-state index is -4.63. The van der Waals surface area contributed by atoms with Crippen LogP contribution in [0.1, 0.15) is 11.3 Å². The topological polar surface area (TPSA) is 60.9 Å². The van der Waals surface area contributed by atoms with Gasteiger partial charge >= 0.3 is 6.18 Å². The van der Waals surface area contributed by atoms with E-state index >= 15 is 0 Å². The number of hydrogen-bond donors (Lipinski definition) is 1. The predicted octanol–water partition coefficient (Wildman–Crippen LogP) is 7.21. The van der Waals surface area contributed by atoms with Gasteiger partial charge in [-0.05, 0) is 41.5 Å². The number of rotatable bonds is 5. The maximum atomic E-state index is 13.5. The van der Waals surface area contributed by atoms with E-state index in [1.165, 1.54) is 10.7 Å². The first-order valence-electron chi connectivity index (χ1n) is 9.83. The number of carbonyl (C=O) groups excluding carboxylic acids is 1. The molecule has 3 aromatic carbocycles. The third-order valence-electron chi connectivity index (χ3n) is 5.06. The number of primary amides is 1. The Morgan fingerprint density at radius 2 is 1.44 bits per heavy atom. The molecule has 4 aromatic rings. The van der Waals surface area contributed by atoms with Crippen molar-refractivity contribution in [3.63, 3.8) is 0 Å². The molecule has 10 heteroatoms. The van der Waals surface area contributed by atoms with Crippen LogP contribution in [-0.2, 0) is 17.4 Å². The summed E-state index contributed by atoms with van der Waals surface area (Å²) < 4.78 is 41.6. The third kappa shape index (κ3) is 5.06. The Bertz CT molecular complexity index is 1370. The molecule has 4 rings (SSSR count). The number of benzene rings is 3. The molecule has 4 nitrogen and oxygen atoms in total. The van der Waals surface area contributed by atoms with Gasteiger partial charge in [-0.3, -0.25) is 4.79 Å². The quantitative estimate of drug-likeness (QED) is 0.280. The highest BCUT2D eigenvalue weighted by Gasteiger charge is 2.35. The van der Waals surface area contributed by atoms with Gasteiger partial charge in [0.1, 0.15) is 0 Å². The number of alkyl halides is 3. The fourth-order valence-electron chi connectivity index (χ4n) is 3.44. The number of halogens is 6. The maximum absolute atomic E-state index is 13.5. The van der Waals surface area contributed by atoms with Crippen LogP contribution < -0.4 is 5.73 Å². The molecule has 0 fully saturated rings. The molecule has 0 atom stereocenters. The smallest absolute Gasteiger partial charge is 0.369 e. The highest BCUT2D eigenvalue weighted by molar-refractivity contribution is 6.44. The van der Waals surface area contributed by atoms with Crippen LogP contribution in [0.5, 0.6) is 0 Å². The summed E-state index contributed by atoms with van der Waals surface area (Å²) in [6.45, 7) is 0. The first kappa shape index (κ1) is 24.1. The van der Waals surface area contributed by atoms with Gasteiger partial charge in [0.2, 0.25) is 5.91 Å². The summed E-state index contributed by atoms with van der Waals surface area (Å²) in [6, 6.07) is 17.3. The molecule has 0 saturated heterocycles. The van der Waals surface area contributed by atoms with Gasteiger partial charge in [0.25, 0.3) is 0 Å². The number of carbonyl (C=O) groups is 1. The lowest BCUT2D eigenvalue weighted by Crippen LogP contribution is -2.13. The van der Waals surface area contributed by atoms with Crippen LogP contribution in [0.2, 0.25) is 15.1 Å². The molecule has 0 aliphatic heterocycles. The fraction of sp³-hybridized carbons (Fsp3) is 0.0833. The zero-order valence-electron chi connectivity index (χ0n) is 17.2. The van der Waals surface area contributed by atoms with Crippen LogP contribution in [0.25, 0.3) is 28.1 Å². The lowest BCUT2D eigenvalue weighted by molar-refractivity contribution is -0.141. The molecule has 174 valence electrons. The Hall–Kier alpha value is -3.00. The summed E-state index contributed by atoms with van der Waals surface area (Å²) >= 11 is 18.4. The normalized spacial score (nSPS) is 11.6. The highest BCUT2D eigenvalue weighted by atomic mass is 35.5. The van der Waals surface area contributed by atoms with E-state index in [0.717, 1.165) is 6.07 Å². The van der Waals surface area contributed by atoms with Crippen LogP contribution in [0.15, 0.2) is 66.7 Å². The molecule has 0 bridgehead atoms. The third-order valence-corrected chi connectivity index (χ3v) is 6.10.